The molecular formula is C36H45FN8O3S. The third-order valence-electron chi connectivity index (χ3n) is 8.85. The second kappa shape index (κ2) is 17.4. The molecule has 0 fully saturated rings. The SMILES string of the molecule is CN1C(=O)[C@H](CCCCN)NC(=O)[C@H](CCCN)NCc2cc(F)ccc2Sc2ncccc2CNC(=O)[C@@H]1Cc1c[nH]c2ccccc12. The van der Waals surface area contributed by atoms with Crippen LogP contribution in [0.25, 0.3) is 10.9 Å². The van der Waals surface area contributed by atoms with Crippen LogP contribution < -0.4 is 27.4 Å². The first-order valence-corrected chi connectivity index (χ1v) is 17.5. The van der Waals surface area contributed by atoms with Crippen molar-refractivity contribution in [3.63, 3.8) is 0 Å². The first-order chi connectivity index (χ1) is 23.8. The number of aromatic nitrogens is 2. The highest BCUT2D eigenvalue weighted by atomic mass is 32.2. The lowest BCUT2D eigenvalue weighted by Crippen LogP contribution is -2.57. The van der Waals surface area contributed by atoms with E-state index >= 15 is 0 Å². The van der Waals surface area contributed by atoms with Crippen molar-refractivity contribution in [2.24, 2.45) is 11.5 Å². The Hall–Kier alpha value is -4.30. The molecule has 1 aliphatic rings. The van der Waals surface area contributed by atoms with Crippen molar-refractivity contribution < 1.29 is 18.8 Å². The van der Waals surface area contributed by atoms with Crippen LogP contribution in [0.15, 0.2) is 76.9 Å². The summed E-state index contributed by atoms with van der Waals surface area (Å²) in [6, 6.07) is 13.5. The van der Waals surface area contributed by atoms with E-state index in [1.807, 2.05) is 36.5 Å². The third-order valence-corrected chi connectivity index (χ3v) is 10.0. The maximum atomic E-state index is 14.5. The van der Waals surface area contributed by atoms with E-state index in [0.717, 1.165) is 26.9 Å². The quantitative estimate of drug-likeness (QED) is 0.145. The van der Waals surface area contributed by atoms with Gasteiger partial charge in [0.2, 0.25) is 17.7 Å². The van der Waals surface area contributed by atoms with Gasteiger partial charge < -0.3 is 37.3 Å². The standard InChI is InChI=1S/C36H45FN8O3S/c1-45-31(19-24-21-41-28-10-3-2-9-27(24)28)34(47)43-20-23-8-7-17-40-35(23)49-32-14-13-26(37)18-25(32)22-42-29(12-6-16-39)33(46)44-30(36(45)48)11-4-5-15-38/h2-3,7-10,13-14,17-18,21,29-31,41-42H,4-6,11-12,15-16,19-20,22,38-39H2,1H3,(H,43,47)(H,44,46)/t29-,30-,31-/m0/s1. The number of unbranched alkanes of at least 4 members (excludes halogenated alkanes) is 1. The molecule has 260 valence electrons. The van der Waals surface area contributed by atoms with Crippen molar-refractivity contribution in [2.75, 3.05) is 20.1 Å². The average molecular weight is 689 g/mol. The van der Waals surface area contributed by atoms with E-state index in [9.17, 15) is 18.8 Å². The molecule has 4 aromatic rings. The fraction of sp³-hybridized carbons (Fsp3) is 0.389. The number of nitrogens with two attached hydrogens (primary N) is 2. The minimum absolute atomic E-state index is 0.161. The molecule has 0 saturated carbocycles. The van der Waals surface area contributed by atoms with Crippen LogP contribution in [0.1, 0.15) is 48.8 Å². The van der Waals surface area contributed by atoms with Gasteiger partial charge in [0, 0.05) is 60.3 Å². The van der Waals surface area contributed by atoms with Crippen molar-refractivity contribution in [1.82, 2.24) is 30.8 Å². The Bertz CT molecular complexity index is 1750. The molecule has 13 heteroatoms. The van der Waals surface area contributed by atoms with E-state index in [1.165, 1.54) is 28.8 Å². The highest BCUT2D eigenvalue weighted by Gasteiger charge is 2.34. The largest absolute Gasteiger partial charge is 0.361 e. The number of carbonyl (C=O) groups is 3. The van der Waals surface area contributed by atoms with Gasteiger partial charge in [0.25, 0.3) is 0 Å². The van der Waals surface area contributed by atoms with E-state index in [1.54, 1.807) is 25.4 Å². The Morgan fingerprint density at radius 2 is 1.71 bits per heavy atom. The third kappa shape index (κ3) is 9.24. The predicted octanol–water partition coefficient (Wildman–Crippen LogP) is 3.36. The van der Waals surface area contributed by atoms with Crippen molar-refractivity contribution in [1.29, 1.82) is 0 Å². The number of fused-ring (bicyclic) bond motifs is 3. The summed E-state index contributed by atoms with van der Waals surface area (Å²) >= 11 is 1.36. The van der Waals surface area contributed by atoms with Crippen molar-refractivity contribution >= 4 is 40.4 Å². The number of nitrogens with one attached hydrogen (secondary N) is 4. The average Bonchev–Trinajstić information content (AvgIpc) is 3.52. The molecule has 1 aliphatic heterocycles. The predicted molar refractivity (Wildman–Crippen MR) is 189 cm³/mol. The summed E-state index contributed by atoms with van der Waals surface area (Å²) in [4.78, 5) is 52.3. The van der Waals surface area contributed by atoms with Crippen LogP contribution >= 0.6 is 11.8 Å². The number of halogens is 1. The first kappa shape index (κ1) is 36.0. The number of nitrogens with zero attached hydrogens (tertiary/aromatic N) is 2. The lowest BCUT2D eigenvalue weighted by Gasteiger charge is -2.32. The van der Waals surface area contributed by atoms with Crippen molar-refractivity contribution in [2.45, 2.75) is 79.7 Å². The summed E-state index contributed by atoms with van der Waals surface area (Å²) in [5.41, 5.74) is 14.8. The topological polar surface area (TPSA) is 171 Å². The molecule has 2 aromatic carbocycles. The number of hydrogen-bond acceptors (Lipinski definition) is 8. The van der Waals surface area contributed by atoms with Crippen LogP contribution in [0.5, 0.6) is 0 Å². The highest BCUT2D eigenvalue weighted by molar-refractivity contribution is 7.99. The number of rotatable bonds is 9. The molecule has 49 heavy (non-hydrogen) atoms. The lowest BCUT2D eigenvalue weighted by atomic mass is 10.0. The smallest absolute Gasteiger partial charge is 0.245 e. The van der Waals surface area contributed by atoms with Gasteiger partial charge in [-0.25, -0.2) is 9.37 Å². The Kier molecular flexibility index (Phi) is 12.8. The molecule has 2 aromatic heterocycles. The second-order valence-corrected chi connectivity index (χ2v) is 13.3. The number of pyridine rings is 1. The van der Waals surface area contributed by atoms with E-state index in [2.05, 4.69) is 25.9 Å². The van der Waals surface area contributed by atoms with E-state index in [-0.39, 0.29) is 37.2 Å². The zero-order valence-corrected chi connectivity index (χ0v) is 28.5. The lowest BCUT2D eigenvalue weighted by molar-refractivity contribution is -0.142. The molecule has 8 N–H and O–H groups in total. The molecule has 5 rings (SSSR count). The van der Waals surface area contributed by atoms with E-state index in [0.29, 0.717) is 55.8 Å². The van der Waals surface area contributed by atoms with Gasteiger partial charge in [0.05, 0.1) is 6.04 Å². The number of likely N-dealkylation sites (N-methyl/N-ethyl adjacent to an activating group) is 1. The minimum Gasteiger partial charge on any atom is -0.361 e. The van der Waals surface area contributed by atoms with Gasteiger partial charge >= 0.3 is 0 Å². The summed E-state index contributed by atoms with van der Waals surface area (Å²) < 4.78 is 14.5. The summed E-state index contributed by atoms with van der Waals surface area (Å²) in [5.74, 6) is -1.49. The molecule has 0 spiro atoms. The van der Waals surface area contributed by atoms with Crippen LogP contribution in [0.3, 0.4) is 0 Å². The fourth-order valence-corrected chi connectivity index (χ4v) is 7.05. The number of benzene rings is 2. The summed E-state index contributed by atoms with van der Waals surface area (Å²) in [5, 5.41) is 10.9. The molecule has 3 amide bonds. The van der Waals surface area contributed by atoms with Crippen LogP contribution in [-0.2, 0) is 33.9 Å². The van der Waals surface area contributed by atoms with Crippen LogP contribution in [-0.4, -0.2) is 70.9 Å². The van der Waals surface area contributed by atoms with Crippen molar-refractivity contribution in [3.8, 4) is 0 Å². The molecular weight excluding hydrogens is 644 g/mol. The number of carbonyl (C=O) groups excluding carboxylic acids is 3. The molecule has 0 unspecified atom stereocenters. The van der Waals surface area contributed by atoms with Gasteiger partial charge in [-0.2, -0.15) is 0 Å². The molecule has 0 aliphatic carbocycles. The van der Waals surface area contributed by atoms with Gasteiger partial charge in [-0.3, -0.25) is 14.4 Å². The van der Waals surface area contributed by atoms with E-state index in [4.69, 9.17) is 11.5 Å². The minimum atomic E-state index is -0.898. The molecule has 0 radical (unpaired) electrons. The van der Waals surface area contributed by atoms with Gasteiger partial charge in [-0.05, 0) is 86.7 Å². The number of amides is 3. The molecule has 0 bridgehead atoms. The summed E-state index contributed by atoms with van der Waals surface area (Å²) in [7, 11) is 1.61. The Labute approximate surface area is 290 Å². The Balaban J connectivity index is 1.55. The maximum Gasteiger partial charge on any atom is 0.245 e. The van der Waals surface area contributed by atoms with Crippen molar-refractivity contribution in [3.05, 3.63) is 89.5 Å². The summed E-state index contributed by atoms with van der Waals surface area (Å²) in [6.07, 6.45) is 6.38. The number of hydrogen-bond donors (Lipinski definition) is 6. The monoisotopic (exact) mass is 688 g/mol. The highest BCUT2D eigenvalue weighted by Crippen LogP contribution is 2.32. The number of aromatic amines is 1. The van der Waals surface area contributed by atoms with Gasteiger partial charge in [-0.15, -0.1) is 0 Å². The Morgan fingerprint density at radius 3 is 2.53 bits per heavy atom. The molecule has 3 heterocycles. The normalized spacial score (nSPS) is 19.6. The molecule has 11 nitrogen and oxygen atoms in total. The van der Waals surface area contributed by atoms with Crippen LogP contribution in [0.2, 0.25) is 0 Å². The van der Waals surface area contributed by atoms with Gasteiger partial charge in [0.1, 0.15) is 22.9 Å². The first-order valence-electron chi connectivity index (χ1n) is 16.7. The van der Waals surface area contributed by atoms with E-state index < -0.39 is 23.9 Å². The van der Waals surface area contributed by atoms with Gasteiger partial charge in [0.15, 0.2) is 0 Å². The van der Waals surface area contributed by atoms with Gasteiger partial charge in [-0.1, -0.05) is 36.0 Å². The zero-order chi connectivity index (χ0) is 34.8. The Morgan fingerprint density at radius 1 is 0.918 bits per heavy atom. The van der Waals surface area contributed by atoms with Crippen LogP contribution in [0.4, 0.5) is 4.39 Å². The van der Waals surface area contributed by atoms with Crippen LogP contribution in [0, 0.1) is 5.82 Å². The fourth-order valence-electron chi connectivity index (χ4n) is 6.06. The number of H-pyrrole nitrogens is 1. The maximum absolute atomic E-state index is 14.5. The second-order valence-electron chi connectivity index (χ2n) is 12.3. The zero-order valence-electron chi connectivity index (χ0n) is 27.7. The number of para-hydroxylation sites is 1. The molecule has 0 saturated heterocycles. The molecule has 3 atom stereocenters. The summed E-state index contributed by atoms with van der Waals surface area (Å²) in [6.45, 7) is 1.18.